The van der Waals surface area contributed by atoms with Crippen molar-refractivity contribution in [1.29, 1.82) is 0 Å². The molecule has 1 aromatic heterocycles. The lowest BCUT2D eigenvalue weighted by Gasteiger charge is -2.25. The zero-order chi connectivity index (χ0) is 25.2. The molecular formula is C30H31N3O3. The molecule has 1 heterocycles. The van der Waals surface area contributed by atoms with Crippen LogP contribution in [0.3, 0.4) is 0 Å². The van der Waals surface area contributed by atoms with Gasteiger partial charge < -0.3 is 14.6 Å². The van der Waals surface area contributed by atoms with Gasteiger partial charge >= 0.3 is 0 Å². The second-order valence-electron chi connectivity index (χ2n) is 8.56. The summed E-state index contributed by atoms with van der Waals surface area (Å²) in [7, 11) is 0. The number of aliphatic hydroxyl groups excluding tert-OH is 1. The first kappa shape index (κ1) is 25.2. The molecule has 4 aromatic rings. The SMILES string of the molecule is C#CCOCC(O)CN(Cc1ccccc1)Cc1c(C)nn(-c2ccccc2)c1Oc1ccccc1. The minimum atomic E-state index is -0.690. The zero-order valence-corrected chi connectivity index (χ0v) is 20.5. The lowest BCUT2D eigenvalue weighted by molar-refractivity contribution is 0.0242. The van der Waals surface area contributed by atoms with Gasteiger partial charge in [-0.15, -0.1) is 6.42 Å². The topological polar surface area (TPSA) is 59.8 Å². The number of hydrogen-bond donors (Lipinski definition) is 1. The first-order chi connectivity index (χ1) is 17.6. The van der Waals surface area contributed by atoms with Gasteiger partial charge in [0, 0.05) is 19.6 Å². The van der Waals surface area contributed by atoms with Gasteiger partial charge in [0.25, 0.3) is 0 Å². The third kappa shape index (κ3) is 6.83. The van der Waals surface area contributed by atoms with E-state index in [-0.39, 0.29) is 13.2 Å². The number of nitrogens with zero attached hydrogens (tertiary/aromatic N) is 3. The minimum absolute atomic E-state index is 0.172. The molecule has 0 aliphatic rings. The number of aliphatic hydroxyl groups is 1. The van der Waals surface area contributed by atoms with Gasteiger partial charge in [-0.25, -0.2) is 4.68 Å². The molecule has 0 radical (unpaired) electrons. The maximum atomic E-state index is 10.7. The van der Waals surface area contributed by atoms with E-state index in [1.807, 2.05) is 90.5 Å². The normalized spacial score (nSPS) is 11.8. The molecule has 4 rings (SSSR count). The van der Waals surface area contributed by atoms with E-state index in [1.54, 1.807) is 0 Å². The van der Waals surface area contributed by atoms with E-state index in [0.717, 1.165) is 28.3 Å². The zero-order valence-electron chi connectivity index (χ0n) is 20.5. The van der Waals surface area contributed by atoms with Gasteiger partial charge in [-0.3, -0.25) is 4.90 Å². The van der Waals surface area contributed by atoms with Crippen LogP contribution in [0.1, 0.15) is 16.8 Å². The van der Waals surface area contributed by atoms with Crippen molar-refractivity contribution < 1.29 is 14.6 Å². The first-order valence-corrected chi connectivity index (χ1v) is 12.0. The maximum absolute atomic E-state index is 10.7. The molecule has 36 heavy (non-hydrogen) atoms. The molecule has 0 fully saturated rings. The number of ether oxygens (including phenoxy) is 2. The Kier molecular flexibility index (Phi) is 8.90. The van der Waals surface area contributed by atoms with Gasteiger partial charge in [-0.1, -0.05) is 72.7 Å². The van der Waals surface area contributed by atoms with Gasteiger partial charge in [0.15, 0.2) is 0 Å². The molecule has 6 nitrogen and oxygen atoms in total. The van der Waals surface area contributed by atoms with Crippen LogP contribution in [0.25, 0.3) is 5.69 Å². The summed E-state index contributed by atoms with van der Waals surface area (Å²) in [6.45, 7) is 3.91. The Hall–Kier alpha value is -3.89. The van der Waals surface area contributed by atoms with Crippen LogP contribution in [-0.2, 0) is 17.8 Å². The van der Waals surface area contributed by atoms with E-state index in [4.69, 9.17) is 21.0 Å². The molecule has 0 aliphatic heterocycles. The molecule has 3 aromatic carbocycles. The summed E-state index contributed by atoms with van der Waals surface area (Å²) < 4.78 is 13.6. The Morgan fingerprint density at radius 2 is 1.58 bits per heavy atom. The minimum Gasteiger partial charge on any atom is -0.439 e. The molecule has 0 spiro atoms. The summed E-state index contributed by atoms with van der Waals surface area (Å²) in [4.78, 5) is 2.18. The summed E-state index contributed by atoms with van der Waals surface area (Å²) in [5.74, 6) is 3.82. The molecule has 184 valence electrons. The highest BCUT2D eigenvalue weighted by atomic mass is 16.5. The molecule has 0 saturated heterocycles. The fourth-order valence-electron chi connectivity index (χ4n) is 4.02. The van der Waals surface area contributed by atoms with Crippen LogP contribution in [0.4, 0.5) is 0 Å². The molecule has 1 unspecified atom stereocenters. The monoisotopic (exact) mass is 481 g/mol. The number of terminal acetylenes is 1. The maximum Gasteiger partial charge on any atom is 0.227 e. The van der Waals surface area contributed by atoms with Crippen LogP contribution >= 0.6 is 0 Å². The third-order valence-corrected chi connectivity index (χ3v) is 5.69. The Morgan fingerprint density at radius 3 is 2.25 bits per heavy atom. The quantitative estimate of drug-likeness (QED) is 0.228. The van der Waals surface area contributed by atoms with Crippen molar-refractivity contribution in [2.24, 2.45) is 0 Å². The largest absolute Gasteiger partial charge is 0.439 e. The van der Waals surface area contributed by atoms with E-state index in [9.17, 15) is 5.11 Å². The summed E-state index contributed by atoms with van der Waals surface area (Å²) in [5, 5.41) is 15.5. The fraction of sp³-hybridized carbons (Fsp3) is 0.233. The highest BCUT2D eigenvalue weighted by Gasteiger charge is 2.23. The third-order valence-electron chi connectivity index (χ3n) is 5.69. The van der Waals surface area contributed by atoms with Crippen molar-refractivity contribution in [1.82, 2.24) is 14.7 Å². The average molecular weight is 482 g/mol. The number of benzene rings is 3. The molecule has 6 heteroatoms. The van der Waals surface area contributed by atoms with Crippen LogP contribution in [0.5, 0.6) is 11.6 Å². The predicted octanol–water partition coefficient (Wildman–Crippen LogP) is 4.99. The van der Waals surface area contributed by atoms with Crippen LogP contribution in [-0.4, -0.2) is 45.6 Å². The van der Waals surface area contributed by atoms with E-state index in [1.165, 1.54) is 0 Å². The van der Waals surface area contributed by atoms with Crippen molar-refractivity contribution in [3.63, 3.8) is 0 Å². The standard InChI is InChI=1S/C30H31N3O3/c1-3-19-35-23-27(34)21-32(20-25-13-7-4-8-14-25)22-29-24(2)31-33(26-15-9-5-10-16-26)30(29)36-28-17-11-6-12-18-28/h1,4-18,27,34H,19-23H2,2H3. The molecule has 0 amide bonds. The van der Waals surface area contributed by atoms with Crippen molar-refractivity contribution in [2.75, 3.05) is 19.8 Å². The molecule has 1 atom stereocenters. The smallest absolute Gasteiger partial charge is 0.227 e. The number of aryl methyl sites for hydroxylation is 1. The Bertz CT molecular complexity index is 1250. The van der Waals surface area contributed by atoms with Crippen molar-refractivity contribution in [3.05, 3.63) is 108 Å². The van der Waals surface area contributed by atoms with Crippen LogP contribution in [0, 0.1) is 19.3 Å². The Morgan fingerprint density at radius 1 is 0.944 bits per heavy atom. The summed E-state index contributed by atoms with van der Waals surface area (Å²) in [5.41, 5.74) is 3.87. The molecule has 0 bridgehead atoms. The van der Waals surface area contributed by atoms with Gasteiger partial charge in [0.05, 0.1) is 29.7 Å². The molecule has 1 N–H and O–H groups in total. The van der Waals surface area contributed by atoms with Gasteiger partial charge in [-0.05, 0) is 36.8 Å². The second-order valence-corrected chi connectivity index (χ2v) is 8.56. The van der Waals surface area contributed by atoms with Crippen molar-refractivity contribution in [3.8, 4) is 29.7 Å². The summed E-state index contributed by atoms with van der Waals surface area (Å²) in [6, 6.07) is 29.8. The number of aromatic nitrogens is 2. The van der Waals surface area contributed by atoms with E-state index in [0.29, 0.717) is 25.5 Å². The van der Waals surface area contributed by atoms with Gasteiger partial charge in [0.1, 0.15) is 12.4 Å². The average Bonchev–Trinajstić information content (AvgIpc) is 3.20. The summed E-state index contributed by atoms with van der Waals surface area (Å²) >= 11 is 0. The van der Waals surface area contributed by atoms with Gasteiger partial charge in [-0.2, -0.15) is 5.10 Å². The Balaban J connectivity index is 1.66. The second kappa shape index (κ2) is 12.7. The molecule has 0 aliphatic carbocycles. The van der Waals surface area contributed by atoms with Crippen LogP contribution < -0.4 is 4.74 Å². The number of para-hydroxylation sites is 2. The van der Waals surface area contributed by atoms with Crippen molar-refractivity contribution in [2.45, 2.75) is 26.1 Å². The number of rotatable bonds is 12. The lowest BCUT2D eigenvalue weighted by atomic mass is 10.1. The van der Waals surface area contributed by atoms with Crippen molar-refractivity contribution >= 4 is 0 Å². The Labute approximate surface area is 212 Å². The highest BCUT2D eigenvalue weighted by molar-refractivity contribution is 5.43. The highest BCUT2D eigenvalue weighted by Crippen LogP contribution is 2.32. The van der Waals surface area contributed by atoms with Crippen LogP contribution in [0.2, 0.25) is 0 Å². The lowest BCUT2D eigenvalue weighted by Crippen LogP contribution is -2.34. The first-order valence-electron chi connectivity index (χ1n) is 12.0. The fourth-order valence-corrected chi connectivity index (χ4v) is 4.02. The van der Waals surface area contributed by atoms with Gasteiger partial charge in [0.2, 0.25) is 5.88 Å². The summed E-state index contributed by atoms with van der Waals surface area (Å²) in [6.07, 6.45) is 4.59. The van der Waals surface area contributed by atoms with E-state index in [2.05, 4.69) is 23.0 Å². The van der Waals surface area contributed by atoms with E-state index >= 15 is 0 Å². The van der Waals surface area contributed by atoms with E-state index < -0.39 is 6.10 Å². The number of hydrogen-bond acceptors (Lipinski definition) is 5. The van der Waals surface area contributed by atoms with Crippen LogP contribution in [0.15, 0.2) is 91.0 Å². The predicted molar refractivity (Wildman–Crippen MR) is 141 cm³/mol. The molecule has 0 saturated carbocycles. The molecular weight excluding hydrogens is 450 g/mol.